The minimum absolute atomic E-state index is 0.128. The van der Waals surface area contributed by atoms with Crippen molar-refractivity contribution in [1.82, 2.24) is 9.88 Å². The average molecular weight is 412 g/mol. The van der Waals surface area contributed by atoms with Gasteiger partial charge in [0.05, 0.1) is 12.1 Å². The van der Waals surface area contributed by atoms with Crippen molar-refractivity contribution in [2.75, 3.05) is 7.11 Å². The van der Waals surface area contributed by atoms with Crippen molar-refractivity contribution in [3.63, 3.8) is 0 Å². The summed E-state index contributed by atoms with van der Waals surface area (Å²) in [5, 5.41) is 13.1. The van der Waals surface area contributed by atoms with Crippen LogP contribution in [-0.4, -0.2) is 23.6 Å². The lowest BCUT2D eigenvalue weighted by Crippen LogP contribution is -2.36. The minimum Gasteiger partial charge on any atom is -0.495 e. The van der Waals surface area contributed by atoms with Crippen LogP contribution in [0.5, 0.6) is 5.75 Å². The molecule has 29 heavy (non-hydrogen) atoms. The highest BCUT2D eigenvalue weighted by Gasteiger charge is 2.19. The molecule has 0 bridgehead atoms. The summed E-state index contributed by atoms with van der Waals surface area (Å²) < 4.78 is 7.27. The number of nitrogens with zero attached hydrogens (tertiary/aromatic N) is 2. The standard InChI is InChI=1S/C23H26ClN3O2/c1-15-11-17(12-18(14-25)23(28)26-19-7-5-4-6-8-19)16(2)27(15)20-9-10-22(29-3)21(24)13-20/h9-13,19H,4-8H2,1-3H3,(H,26,28)/b18-12+. The molecule has 3 rings (SSSR count). The summed E-state index contributed by atoms with van der Waals surface area (Å²) in [6.45, 7) is 3.95. The van der Waals surface area contributed by atoms with Crippen LogP contribution in [0, 0.1) is 25.2 Å². The topological polar surface area (TPSA) is 67.0 Å². The molecule has 1 aliphatic carbocycles. The minimum atomic E-state index is -0.295. The van der Waals surface area contributed by atoms with Crippen molar-refractivity contribution in [3.8, 4) is 17.5 Å². The lowest BCUT2D eigenvalue weighted by molar-refractivity contribution is -0.117. The second-order valence-corrected chi connectivity index (χ2v) is 7.87. The van der Waals surface area contributed by atoms with Crippen LogP contribution in [0.2, 0.25) is 5.02 Å². The fraction of sp³-hybridized carbons (Fsp3) is 0.391. The molecule has 1 heterocycles. The zero-order valence-electron chi connectivity index (χ0n) is 17.1. The van der Waals surface area contributed by atoms with E-state index in [1.54, 1.807) is 13.2 Å². The zero-order valence-corrected chi connectivity index (χ0v) is 17.8. The summed E-state index contributed by atoms with van der Waals surface area (Å²) >= 11 is 6.29. The maximum Gasteiger partial charge on any atom is 0.262 e. The number of methoxy groups -OCH3 is 1. The molecular weight excluding hydrogens is 386 g/mol. The second kappa shape index (κ2) is 9.19. The van der Waals surface area contributed by atoms with Gasteiger partial charge in [0, 0.05) is 23.1 Å². The third kappa shape index (κ3) is 4.65. The Labute approximate surface area is 176 Å². The fourth-order valence-electron chi connectivity index (χ4n) is 3.94. The molecule has 0 aliphatic heterocycles. The van der Waals surface area contributed by atoms with Gasteiger partial charge in [-0.15, -0.1) is 0 Å². The maximum absolute atomic E-state index is 12.6. The summed E-state index contributed by atoms with van der Waals surface area (Å²) in [5.74, 6) is 0.320. The number of hydrogen-bond donors (Lipinski definition) is 1. The van der Waals surface area contributed by atoms with Crippen molar-refractivity contribution in [2.45, 2.75) is 52.0 Å². The van der Waals surface area contributed by atoms with Gasteiger partial charge in [0.2, 0.25) is 0 Å². The van der Waals surface area contributed by atoms with Crippen molar-refractivity contribution >= 4 is 23.6 Å². The fourth-order valence-corrected chi connectivity index (χ4v) is 4.19. The predicted molar refractivity (Wildman–Crippen MR) is 115 cm³/mol. The highest BCUT2D eigenvalue weighted by molar-refractivity contribution is 6.32. The Morgan fingerprint density at radius 2 is 2.00 bits per heavy atom. The van der Waals surface area contributed by atoms with Crippen LogP contribution in [-0.2, 0) is 4.79 Å². The first-order valence-electron chi connectivity index (χ1n) is 9.90. The van der Waals surface area contributed by atoms with Gasteiger partial charge in [0.1, 0.15) is 17.4 Å². The summed E-state index contributed by atoms with van der Waals surface area (Å²) in [4.78, 5) is 12.6. The average Bonchev–Trinajstić information content (AvgIpc) is 2.99. The smallest absolute Gasteiger partial charge is 0.262 e. The number of nitriles is 1. The first kappa shape index (κ1) is 21.0. The van der Waals surface area contributed by atoms with Gasteiger partial charge in [0.15, 0.2) is 0 Å². The first-order valence-corrected chi connectivity index (χ1v) is 10.3. The largest absolute Gasteiger partial charge is 0.495 e. The van der Waals surface area contributed by atoms with Gasteiger partial charge in [-0.1, -0.05) is 30.9 Å². The number of benzene rings is 1. The summed E-state index contributed by atoms with van der Waals surface area (Å²) in [7, 11) is 1.58. The van der Waals surface area contributed by atoms with Crippen LogP contribution in [0.4, 0.5) is 0 Å². The van der Waals surface area contributed by atoms with Gasteiger partial charge in [-0.05, 0) is 62.6 Å². The van der Waals surface area contributed by atoms with E-state index < -0.39 is 0 Å². The summed E-state index contributed by atoms with van der Waals surface area (Å²) in [6, 6.07) is 9.80. The predicted octanol–water partition coefficient (Wildman–Crippen LogP) is 5.11. The van der Waals surface area contributed by atoms with Gasteiger partial charge in [-0.3, -0.25) is 4.79 Å². The number of nitrogens with one attached hydrogen (secondary N) is 1. The molecule has 1 aromatic heterocycles. The molecule has 1 aliphatic rings. The Kier molecular flexibility index (Phi) is 6.66. The summed E-state index contributed by atoms with van der Waals surface area (Å²) in [6.07, 6.45) is 7.11. The molecule has 0 unspecified atom stereocenters. The number of hydrogen-bond acceptors (Lipinski definition) is 3. The molecule has 5 nitrogen and oxygen atoms in total. The normalized spacial score (nSPS) is 15.1. The Hall–Kier alpha value is -2.71. The lowest BCUT2D eigenvalue weighted by atomic mass is 9.95. The number of carbonyl (C=O) groups excluding carboxylic acids is 1. The van der Waals surface area contributed by atoms with Gasteiger partial charge >= 0.3 is 0 Å². The second-order valence-electron chi connectivity index (χ2n) is 7.46. The first-order chi connectivity index (χ1) is 13.9. The van der Waals surface area contributed by atoms with Crippen LogP contribution >= 0.6 is 11.6 Å². The van der Waals surface area contributed by atoms with E-state index in [1.807, 2.05) is 42.7 Å². The van der Waals surface area contributed by atoms with Gasteiger partial charge in [0.25, 0.3) is 5.91 Å². The number of aromatic nitrogens is 1. The molecule has 0 atom stereocenters. The quantitative estimate of drug-likeness (QED) is 0.549. The molecule has 1 amide bonds. The monoisotopic (exact) mass is 411 g/mol. The Balaban J connectivity index is 1.89. The third-order valence-corrected chi connectivity index (χ3v) is 5.76. The molecular formula is C23H26ClN3O2. The number of ether oxygens (including phenoxy) is 1. The molecule has 0 radical (unpaired) electrons. The zero-order chi connectivity index (χ0) is 21.0. The number of carbonyl (C=O) groups is 1. The van der Waals surface area contributed by atoms with Crippen molar-refractivity contribution in [3.05, 3.63) is 51.8 Å². The Morgan fingerprint density at radius 1 is 1.28 bits per heavy atom. The molecule has 0 saturated heterocycles. The van der Waals surface area contributed by atoms with Crippen LogP contribution in [0.1, 0.15) is 49.1 Å². The number of amides is 1. The number of rotatable bonds is 5. The van der Waals surface area contributed by atoms with Crippen LogP contribution in [0.3, 0.4) is 0 Å². The molecule has 6 heteroatoms. The van der Waals surface area contributed by atoms with Gasteiger partial charge in [-0.25, -0.2) is 0 Å². The van der Waals surface area contributed by atoms with E-state index in [4.69, 9.17) is 16.3 Å². The van der Waals surface area contributed by atoms with Crippen molar-refractivity contribution in [1.29, 1.82) is 5.26 Å². The third-order valence-electron chi connectivity index (χ3n) is 5.47. The summed E-state index contributed by atoms with van der Waals surface area (Å²) in [5.41, 5.74) is 3.78. The highest BCUT2D eigenvalue weighted by atomic mass is 35.5. The molecule has 1 aromatic carbocycles. The van der Waals surface area contributed by atoms with E-state index in [2.05, 4.69) is 11.4 Å². The Bertz CT molecular complexity index is 979. The maximum atomic E-state index is 12.6. The van der Waals surface area contributed by atoms with Crippen molar-refractivity contribution < 1.29 is 9.53 Å². The van der Waals surface area contributed by atoms with Crippen LogP contribution in [0.15, 0.2) is 29.8 Å². The van der Waals surface area contributed by atoms with Crippen LogP contribution in [0.25, 0.3) is 11.8 Å². The van der Waals surface area contributed by atoms with Gasteiger partial charge < -0.3 is 14.6 Å². The SMILES string of the molecule is COc1ccc(-n2c(C)cc(/C=C(\C#N)C(=O)NC3CCCCC3)c2C)cc1Cl. The lowest BCUT2D eigenvalue weighted by Gasteiger charge is -2.22. The van der Waals surface area contributed by atoms with E-state index in [-0.39, 0.29) is 17.5 Å². The van der Waals surface area contributed by atoms with E-state index in [1.165, 1.54) is 6.42 Å². The number of aryl methyl sites for hydroxylation is 1. The molecule has 1 saturated carbocycles. The molecule has 1 fully saturated rings. The molecule has 1 N–H and O–H groups in total. The number of halogens is 1. The van der Waals surface area contributed by atoms with E-state index in [9.17, 15) is 10.1 Å². The molecule has 0 spiro atoms. The van der Waals surface area contributed by atoms with E-state index in [0.717, 1.165) is 48.3 Å². The Morgan fingerprint density at radius 3 is 2.62 bits per heavy atom. The van der Waals surface area contributed by atoms with Crippen molar-refractivity contribution in [2.24, 2.45) is 0 Å². The van der Waals surface area contributed by atoms with E-state index >= 15 is 0 Å². The van der Waals surface area contributed by atoms with Gasteiger partial charge in [-0.2, -0.15) is 5.26 Å². The highest BCUT2D eigenvalue weighted by Crippen LogP contribution is 2.29. The molecule has 152 valence electrons. The molecule has 2 aromatic rings. The van der Waals surface area contributed by atoms with Crippen LogP contribution < -0.4 is 10.1 Å². The van der Waals surface area contributed by atoms with E-state index in [0.29, 0.717) is 10.8 Å².